The number of carbonyl (C=O) groups is 3. The number of carbonyl (C=O) groups excluding carboxylic acids is 3. The van der Waals surface area contributed by atoms with Crippen molar-refractivity contribution in [2.24, 2.45) is 0 Å². The van der Waals surface area contributed by atoms with E-state index in [1.165, 1.54) is 42.5 Å². The standard InChI is InChI=1S/C21H20F2N2O3/c1-2-3-11-21(15-7-9-16(22)10-8-15)19(27)25(20(28)24-21)13-18(26)14-5-4-6-17(23)12-14/h4-10,12H,2-3,11,13H2,1H3,(H,24,28)/t21-/m0/s1. The molecule has 5 nitrogen and oxygen atoms in total. The molecule has 1 N–H and O–H groups in total. The number of nitrogens with one attached hydrogen (secondary N) is 1. The molecule has 0 unspecified atom stereocenters. The Kier molecular flexibility index (Phi) is 5.53. The maximum atomic E-state index is 13.4. The van der Waals surface area contributed by atoms with Gasteiger partial charge >= 0.3 is 6.03 Å². The molecule has 0 bridgehead atoms. The Morgan fingerprint density at radius 3 is 2.43 bits per heavy atom. The van der Waals surface area contributed by atoms with Gasteiger partial charge in [0.1, 0.15) is 17.2 Å². The molecule has 28 heavy (non-hydrogen) atoms. The van der Waals surface area contributed by atoms with Crippen molar-refractivity contribution in [1.82, 2.24) is 10.2 Å². The highest BCUT2D eigenvalue weighted by Crippen LogP contribution is 2.34. The lowest BCUT2D eigenvalue weighted by Crippen LogP contribution is -2.44. The number of benzene rings is 2. The quantitative estimate of drug-likeness (QED) is 0.582. The Balaban J connectivity index is 1.90. The molecule has 1 aliphatic heterocycles. The van der Waals surface area contributed by atoms with Crippen molar-refractivity contribution in [3.05, 3.63) is 71.3 Å². The predicted octanol–water partition coefficient (Wildman–Crippen LogP) is 3.79. The van der Waals surface area contributed by atoms with Crippen LogP contribution in [0.4, 0.5) is 13.6 Å². The van der Waals surface area contributed by atoms with Gasteiger partial charge in [-0.1, -0.05) is 44.0 Å². The summed E-state index contributed by atoms with van der Waals surface area (Å²) in [6.07, 6.45) is 1.76. The van der Waals surface area contributed by atoms with Crippen molar-refractivity contribution in [1.29, 1.82) is 0 Å². The first kappa shape index (κ1) is 19.7. The summed E-state index contributed by atoms with van der Waals surface area (Å²) < 4.78 is 26.7. The molecule has 0 aromatic heterocycles. The van der Waals surface area contributed by atoms with Crippen molar-refractivity contribution in [3.8, 4) is 0 Å². The highest BCUT2D eigenvalue weighted by atomic mass is 19.1. The Morgan fingerprint density at radius 2 is 1.79 bits per heavy atom. The number of rotatable bonds is 7. The van der Waals surface area contributed by atoms with Crippen LogP contribution in [0.15, 0.2) is 48.5 Å². The van der Waals surface area contributed by atoms with Crippen molar-refractivity contribution in [2.45, 2.75) is 31.7 Å². The monoisotopic (exact) mass is 386 g/mol. The molecule has 1 fully saturated rings. The normalized spacial score (nSPS) is 19.0. The second kappa shape index (κ2) is 7.88. The summed E-state index contributed by atoms with van der Waals surface area (Å²) in [6.45, 7) is 1.45. The van der Waals surface area contributed by atoms with E-state index in [1.54, 1.807) is 0 Å². The van der Waals surface area contributed by atoms with E-state index >= 15 is 0 Å². The minimum absolute atomic E-state index is 0.0773. The van der Waals surface area contributed by atoms with E-state index in [-0.39, 0.29) is 5.56 Å². The molecule has 2 aromatic rings. The Hall–Kier alpha value is -3.09. The van der Waals surface area contributed by atoms with Crippen molar-refractivity contribution in [3.63, 3.8) is 0 Å². The molecule has 2 aromatic carbocycles. The summed E-state index contributed by atoms with van der Waals surface area (Å²) in [5.74, 6) is -2.15. The lowest BCUT2D eigenvalue weighted by molar-refractivity contribution is -0.131. The van der Waals surface area contributed by atoms with Crippen LogP contribution in [0.5, 0.6) is 0 Å². The van der Waals surface area contributed by atoms with E-state index in [0.717, 1.165) is 17.4 Å². The lowest BCUT2D eigenvalue weighted by Gasteiger charge is -2.27. The van der Waals surface area contributed by atoms with Crippen LogP contribution in [0, 0.1) is 11.6 Å². The summed E-state index contributed by atoms with van der Waals surface area (Å²) in [5, 5.41) is 2.69. The smallest absolute Gasteiger partial charge is 0.319 e. The topological polar surface area (TPSA) is 66.5 Å². The summed E-state index contributed by atoms with van der Waals surface area (Å²) in [5.41, 5.74) is -0.807. The lowest BCUT2D eigenvalue weighted by atomic mass is 9.84. The Morgan fingerprint density at radius 1 is 1.07 bits per heavy atom. The number of Topliss-reactive ketones (excluding diaryl/α,β-unsaturated/α-hetero) is 1. The molecule has 1 atom stereocenters. The van der Waals surface area contributed by atoms with Gasteiger partial charge in [-0.25, -0.2) is 13.6 Å². The van der Waals surface area contributed by atoms with Crippen molar-refractivity contribution in [2.75, 3.05) is 6.54 Å². The van der Waals surface area contributed by atoms with Crippen LogP contribution in [-0.2, 0) is 10.3 Å². The van der Waals surface area contributed by atoms with Gasteiger partial charge in [-0.2, -0.15) is 0 Å². The van der Waals surface area contributed by atoms with Crippen LogP contribution in [0.3, 0.4) is 0 Å². The van der Waals surface area contributed by atoms with Crippen LogP contribution < -0.4 is 5.32 Å². The van der Waals surface area contributed by atoms with Crippen LogP contribution in [0.25, 0.3) is 0 Å². The minimum Gasteiger partial charge on any atom is -0.319 e. The van der Waals surface area contributed by atoms with Gasteiger partial charge in [0, 0.05) is 5.56 Å². The van der Waals surface area contributed by atoms with E-state index in [0.29, 0.717) is 18.4 Å². The molecule has 146 valence electrons. The molecule has 3 rings (SSSR count). The molecule has 0 radical (unpaired) electrons. The average molecular weight is 386 g/mol. The first-order valence-corrected chi connectivity index (χ1v) is 9.06. The molecule has 0 aliphatic carbocycles. The molecule has 1 saturated heterocycles. The maximum Gasteiger partial charge on any atom is 0.325 e. The second-order valence-corrected chi connectivity index (χ2v) is 6.77. The number of imide groups is 1. The van der Waals surface area contributed by atoms with E-state index < -0.39 is 41.4 Å². The van der Waals surface area contributed by atoms with Gasteiger partial charge in [0.15, 0.2) is 5.78 Å². The van der Waals surface area contributed by atoms with Gasteiger partial charge in [0.05, 0.1) is 6.54 Å². The van der Waals surface area contributed by atoms with E-state index in [4.69, 9.17) is 0 Å². The number of hydrogen-bond acceptors (Lipinski definition) is 3. The molecule has 1 heterocycles. The summed E-state index contributed by atoms with van der Waals surface area (Å²) in [4.78, 5) is 39.0. The van der Waals surface area contributed by atoms with Crippen LogP contribution in [0.1, 0.15) is 42.1 Å². The van der Waals surface area contributed by atoms with Crippen LogP contribution in [-0.4, -0.2) is 29.2 Å². The fourth-order valence-corrected chi connectivity index (χ4v) is 3.35. The summed E-state index contributed by atoms with van der Waals surface area (Å²) >= 11 is 0. The second-order valence-electron chi connectivity index (χ2n) is 6.77. The first-order chi connectivity index (χ1) is 13.4. The van der Waals surface area contributed by atoms with Crippen LogP contribution in [0.2, 0.25) is 0 Å². The number of urea groups is 1. The zero-order chi connectivity index (χ0) is 20.3. The van der Waals surface area contributed by atoms with Gasteiger partial charge < -0.3 is 5.32 Å². The van der Waals surface area contributed by atoms with Crippen LogP contribution >= 0.6 is 0 Å². The average Bonchev–Trinajstić information content (AvgIpc) is 2.92. The minimum atomic E-state index is -1.34. The number of ketones is 1. The Bertz CT molecular complexity index is 914. The number of hydrogen-bond donors (Lipinski definition) is 1. The molecule has 0 saturated carbocycles. The van der Waals surface area contributed by atoms with Crippen molar-refractivity contribution < 1.29 is 23.2 Å². The van der Waals surface area contributed by atoms with Gasteiger partial charge in [0.25, 0.3) is 5.91 Å². The molecular weight excluding hydrogens is 366 g/mol. The summed E-state index contributed by atoms with van der Waals surface area (Å²) in [6, 6.07) is 9.75. The molecule has 0 spiro atoms. The molecule has 1 aliphatic rings. The first-order valence-electron chi connectivity index (χ1n) is 9.06. The fourth-order valence-electron chi connectivity index (χ4n) is 3.35. The SMILES string of the molecule is CCCC[C@@]1(c2ccc(F)cc2)NC(=O)N(CC(=O)c2cccc(F)c2)C1=O. The number of nitrogens with zero attached hydrogens (tertiary/aromatic N) is 1. The summed E-state index contributed by atoms with van der Waals surface area (Å²) in [7, 11) is 0. The van der Waals surface area contributed by atoms with Gasteiger partial charge in [0.2, 0.25) is 0 Å². The van der Waals surface area contributed by atoms with Gasteiger partial charge in [-0.05, 0) is 36.2 Å². The van der Waals surface area contributed by atoms with E-state index in [2.05, 4.69) is 5.32 Å². The highest BCUT2D eigenvalue weighted by Gasteiger charge is 2.52. The van der Waals surface area contributed by atoms with E-state index in [9.17, 15) is 23.2 Å². The number of amides is 3. The largest absolute Gasteiger partial charge is 0.325 e. The molecular formula is C21H20F2N2O3. The zero-order valence-electron chi connectivity index (χ0n) is 15.4. The van der Waals surface area contributed by atoms with Gasteiger partial charge in [-0.3, -0.25) is 14.5 Å². The van der Waals surface area contributed by atoms with Crippen molar-refractivity contribution >= 4 is 17.7 Å². The zero-order valence-corrected chi connectivity index (χ0v) is 15.4. The Labute approximate surface area is 161 Å². The fraction of sp³-hybridized carbons (Fsp3) is 0.286. The molecule has 7 heteroatoms. The highest BCUT2D eigenvalue weighted by molar-refractivity contribution is 6.11. The maximum absolute atomic E-state index is 13.4. The number of unbranched alkanes of at least 4 members (excludes halogenated alkanes) is 1. The number of halogens is 2. The third-order valence-electron chi connectivity index (χ3n) is 4.87. The van der Waals surface area contributed by atoms with Gasteiger partial charge in [-0.15, -0.1) is 0 Å². The third-order valence-corrected chi connectivity index (χ3v) is 4.87. The van der Waals surface area contributed by atoms with E-state index in [1.807, 2.05) is 6.92 Å². The third kappa shape index (κ3) is 3.65. The predicted molar refractivity (Wildman–Crippen MR) is 98.6 cm³/mol. The molecule has 3 amide bonds.